The molecule has 0 spiro atoms. The lowest BCUT2D eigenvalue weighted by molar-refractivity contribution is -0.137. The van der Waals surface area contributed by atoms with Crippen LogP contribution in [0, 0.1) is 0 Å². The van der Waals surface area contributed by atoms with Crippen molar-refractivity contribution in [1.82, 2.24) is 24.8 Å². The lowest BCUT2D eigenvalue weighted by atomic mass is 10.0. The van der Waals surface area contributed by atoms with Crippen LogP contribution in [0.25, 0.3) is 16.8 Å². The summed E-state index contributed by atoms with van der Waals surface area (Å²) >= 11 is 5.92. The number of hydrogen-bond acceptors (Lipinski definition) is 6. The molecule has 0 aliphatic carbocycles. The third-order valence-electron chi connectivity index (χ3n) is 4.52. The predicted molar refractivity (Wildman–Crippen MR) is 118 cm³/mol. The largest absolute Gasteiger partial charge is 0.478 e. The number of pyridine rings is 1. The van der Waals surface area contributed by atoms with Crippen molar-refractivity contribution in [2.24, 2.45) is 0 Å². The molecule has 0 saturated carbocycles. The van der Waals surface area contributed by atoms with E-state index in [1.54, 1.807) is 18.2 Å². The van der Waals surface area contributed by atoms with Crippen molar-refractivity contribution in [1.29, 1.82) is 0 Å². The zero-order valence-corrected chi connectivity index (χ0v) is 18.8. The van der Waals surface area contributed by atoms with Crippen LogP contribution in [-0.2, 0) is 6.18 Å². The highest BCUT2D eigenvalue weighted by atomic mass is 35.5. The van der Waals surface area contributed by atoms with Crippen molar-refractivity contribution >= 4 is 29.7 Å². The van der Waals surface area contributed by atoms with Crippen LogP contribution < -0.4 is 9.47 Å². The fraction of sp³-hybridized carbons (Fsp3) is 0.238. The zero-order chi connectivity index (χ0) is 22.7. The van der Waals surface area contributed by atoms with Gasteiger partial charge in [-0.3, -0.25) is 0 Å². The Morgan fingerprint density at radius 1 is 1.03 bits per heavy atom. The van der Waals surface area contributed by atoms with Crippen molar-refractivity contribution in [3.63, 3.8) is 0 Å². The third-order valence-corrected chi connectivity index (χ3v) is 4.75. The first kappa shape index (κ1) is 24.5. The summed E-state index contributed by atoms with van der Waals surface area (Å²) in [5, 5.41) is 11.6. The molecule has 4 rings (SSSR count). The van der Waals surface area contributed by atoms with Crippen LogP contribution in [0.2, 0.25) is 5.28 Å². The lowest BCUT2D eigenvalue weighted by Gasteiger charge is -2.14. The van der Waals surface area contributed by atoms with Gasteiger partial charge in [-0.25, -0.2) is 4.98 Å². The summed E-state index contributed by atoms with van der Waals surface area (Å²) in [6.45, 7) is 2.59. The molecule has 33 heavy (non-hydrogen) atoms. The van der Waals surface area contributed by atoms with Crippen LogP contribution >= 0.6 is 24.0 Å². The molecule has 0 saturated heterocycles. The Hall–Kier alpha value is -3.11. The van der Waals surface area contributed by atoms with Crippen molar-refractivity contribution < 1.29 is 22.6 Å². The second kappa shape index (κ2) is 10.2. The third kappa shape index (κ3) is 5.63. The maximum atomic E-state index is 13.3. The number of benzene rings is 1. The second-order valence-corrected chi connectivity index (χ2v) is 7.15. The molecule has 0 aliphatic rings. The first-order chi connectivity index (χ1) is 15.3. The van der Waals surface area contributed by atoms with E-state index in [1.807, 2.05) is 0 Å². The van der Waals surface area contributed by atoms with Gasteiger partial charge in [0, 0.05) is 29.5 Å². The quantitative estimate of drug-likeness (QED) is 0.279. The molecule has 174 valence electrons. The second-order valence-electron chi connectivity index (χ2n) is 6.81. The Bertz CT molecular complexity index is 1230. The van der Waals surface area contributed by atoms with E-state index in [1.165, 1.54) is 22.8 Å². The number of ether oxygens (including phenoxy) is 2. The van der Waals surface area contributed by atoms with Gasteiger partial charge >= 0.3 is 6.18 Å². The van der Waals surface area contributed by atoms with E-state index in [4.69, 9.17) is 21.1 Å². The van der Waals surface area contributed by atoms with E-state index in [9.17, 15) is 13.2 Å². The van der Waals surface area contributed by atoms with E-state index in [0.717, 1.165) is 25.0 Å². The number of rotatable bonds is 7. The summed E-state index contributed by atoms with van der Waals surface area (Å²) in [5.74, 6) is 0.413. The maximum absolute atomic E-state index is 13.3. The standard InChI is InChI=1S/C21H17ClF3N5O2.ClH/c1-2-3-10-31-18-8-4-13(12-26-18)15-6-5-14(21(23,24)25)11-16(15)32-19-9-7-17-27-28-20(22)30(17)29-19;/h4-9,11-12H,2-3,10H2,1H3;1H. The topological polar surface area (TPSA) is 74.4 Å². The van der Waals surface area contributed by atoms with Gasteiger partial charge < -0.3 is 9.47 Å². The number of unbranched alkanes of at least 4 members (excludes halogenated alkanes) is 1. The predicted octanol–water partition coefficient (Wildman–Crippen LogP) is 6.25. The highest BCUT2D eigenvalue weighted by molar-refractivity contribution is 6.28. The number of hydrogen-bond donors (Lipinski definition) is 0. The normalized spacial score (nSPS) is 11.3. The number of halogens is 5. The fourth-order valence-corrected chi connectivity index (χ4v) is 3.04. The number of fused-ring (bicyclic) bond motifs is 1. The SMILES string of the molecule is CCCCOc1ccc(-c2ccc(C(F)(F)F)cc2Oc2ccc3nnc(Cl)n3n2)cn1.Cl. The van der Waals surface area contributed by atoms with Crippen LogP contribution in [0.3, 0.4) is 0 Å². The van der Waals surface area contributed by atoms with Gasteiger partial charge in [-0.15, -0.1) is 27.7 Å². The Morgan fingerprint density at radius 3 is 2.52 bits per heavy atom. The van der Waals surface area contributed by atoms with Crippen molar-refractivity contribution in [3.8, 4) is 28.6 Å². The van der Waals surface area contributed by atoms with Gasteiger partial charge in [-0.1, -0.05) is 13.3 Å². The smallest absolute Gasteiger partial charge is 0.416 e. The van der Waals surface area contributed by atoms with Gasteiger partial charge in [0.1, 0.15) is 5.75 Å². The fourth-order valence-electron chi connectivity index (χ4n) is 2.88. The van der Waals surface area contributed by atoms with Gasteiger partial charge in [-0.05, 0) is 48.4 Å². The van der Waals surface area contributed by atoms with Gasteiger partial charge in [0.2, 0.25) is 17.0 Å². The minimum atomic E-state index is -4.54. The molecule has 0 aliphatic heterocycles. The maximum Gasteiger partial charge on any atom is 0.416 e. The van der Waals surface area contributed by atoms with E-state index in [0.29, 0.717) is 29.3 Å². The van der Waals surface area contributed by atoms with E-state index < -0.39 is 11.7 Å². The summed E-state index contributed by atoms with van der Waals surface area (Å²) in [7, 11) is 0. The number of alkyl halides is 3. The summed E-state index contributed by atoms with van der Waals surface area (Å²) in [6, 6.07) is 9.61. The van der Waals surface area contributed by atoms with E-state index in [2.05, 4.69) is 27.2 Å². The molecule has 7 nitrogen and oxygen atoms in total. The average Bonchev–Trinajstić information content (AvgIpc) is 3.14. The Kier molecular flexibility index (Phi) is 7.60. The molecule has 0 N–H and O–H groups in total. The summed E-state index contributed by atoms with van der Waals surface area (Å²) < 4.78 is 52.5. The lowest BCUT2D eigenvalue weighted by Crippen LogP contribution is -2.05. The van der Waals surface area contributed by atoms with Crippen LogP contribution in [0.4, 0.5) is 13.2 Å². The molecule has 0 unspecified atom stereocenters. The molecule has 4 aromatic rings. The van der Waals surface area contributed by atoms with Crippen molar-refractivity contribution in [2.75, 3.05) is 6.61 Å². The minimum absolute atomic E-state index is 0. The molecular formula is C21H18Cl2F3N5O2. The first-order valence-electron chi connectivity index (χ1n) is 9.71. The summed E-state index contributed by atoms with van der Waals surface area (Å²) in [5.41, 5.74) is 0.476. The highest BCUT2D eigenvalue weighted by Gasteiger charge is 2.31. The van der Waals surface area contributed by atoms with Crippen LogP contribution in [-0.4, -0.2) is 31.4 Å². The summed E-state index contributed by atoms with van der Waals surface area (Å²) in [6.07, 6.45) is -1.14. The monoisotopic (exact) mass is 499 g/mol. The first-order valence-corrected chi connectivity index (χ1v) is 10.1. The van der Waals surface area contributed by atoms with Crippen LogP contribution in [0.1, 0.15) is 25.3 Å². The van der Waals surface area contributed by atoms with Crippen molar-refractivity contribution in [3.05, 3.63) is 59.5 Å². The molecule has 0 fully saturated rings. The highest BCUT2D eigenvalue weighted by Crippen LogP contribution is 2.39. The van der Waals surface area contributed by atoms with Gasteiger partial charge in [0.15, 0.2) is 5.65 Å². The molecule has 12 heteroatoms. The molecule has 0 atom stereocenters. The van der Waals surface area contributed by atoms with Crippen LogP contribution in [0.15, 0.2) is 48.7 Å². The molecular weight excluding hydrogens is 482 g/mol. The zero-order valence-electron chi connectivity index (χ0n) is 17.2. The summed E-state index contributed by atoms with van der Waals surface area (Å²) in [4.78, 5) is 4.24. The molecule has 3 heterocycles. The van der Waals surface area contributed by atoms with Gasteiger partial charge in [0.05, 0.1) is 12.2 Å². The Balaban J connectivity index is 0.00000306. The Morgan fingerprint density at radius 2 is 1.82 bits per heavy atom. The molecule has 0 bridgehead atoms. The molecule has 0 radical (unpaired) electrons. The van der Waals surface area contributed by atoms with Crippen LogP contribution in [0.5, 0.6) is 17.5 Å². The minimum Gasteiger partial charge on any atom is -0.478 e. The number of nitrogens with zero attached hydrogens (tertiary/aromatic N) is 5. The van der Waals surface area contributed by atoms with Gasteiger partial charge in [0.25, 0.3) is 0 Å². The molecule has 3 aromatic heterocycles. The molecule has 0 amide bonds. The Labute approximate surface area is 197 Å². The van der Waals surface area contributed by atoms with E-state index in [-0.39, 0.29) is 29.3 Å². The number of aromatic nitrogens is 5. The van der Waals surface area contributed by atoms with Gasteiger partial charge in [-0.2, -0.15) is 17.7 Å². The van der Waals surface area contributed by atoms with Crippen molar-refractivity contribution in [2.45, 2.75) is 25.9 Å². The average molecular weight is 500 g/mol. The van der Waals surface area contributed by atoms with E-state index >= 15 is 0 Å². The molecule has 1 aromatic carbocycles.